The second-order valence-electron chi connectivity index (χ2n) is 3.00. The minimum absolute atomic E-state index is 0.681. The summed E-state index contributed by atoms with van der Waals surface area (Å²) < 4.78 is 8.43. The Hall–Kier alpha value is -0.780. The second-order valence-corrected chi connectivity index (χ2v) is 4.02. The Morgan fingerprint density at radius 3 is 3.00 bits per heavy atom. The molecule has 14 heavy (non-hydrogen) atoms. The first-order valence-corrected chi connectivity index (χ1v) is 5.56. The predicted molar refractivity (Wildman–Crippen MR) is 64.6 cm³/mol. The van der Waals surface area contributed by atoms with Crippen LogP contribution in [-0.4, -0.2) is 16.4 Å². The van der Waals surface area contributed by atoms with E-state index in [1.54, 1.807) is 0 Å². The standard InChI is InChI=1S/C10H11IN2O/c1-3-14-8-6-4-5-7-9(8)13(2)12-10(7)11/h4-6H,3H2,1-2H3. The lowest BCUT2D eigenvalue weighted by molar-refractivity contribution is 0.342. The number of rotatable bonds is 2. The molecule has 2 rings (SSSR count). The summed E-state index contributed by atoms with van der Waals surface area (Å²) in [5.41, 5.74) is 1.07. The Morgan fingerprint density at radius 2 is 2.29 bits per heavy atom. The van der Waals surface area contributed by atoms with E-state index in [2.05, 4.69) is 33.8 Å². The maximum atomic E-state index is 5.55. The van der Waals surface area contributed by atoms with Crippen LogP contribution in [0.4, 0.5) is 0 Å². The van der Waals surface area contributed by atoms with Gasteiger partial charge in [-0.25, -0.2) is 0 Å². The van der Waals surface area contributed by atoms with Gasteiger partial charge in [-0.3, -0.25) is 4.68 Å². The smallest absolute Gasteiger partial charge is 0.145 e. The van der Waals surface area contributed by atoms with E-state index in [4.69, 9.17) is 4.74 Å². The highest BCUT2D eigenvalue weighted by Gasteiger charge is 2.10. The molecule has 4 heteroatoms. The van der Waals surface area contributed by atoms with Crippen LogP contribution in [0.3, 0.4) is 0 Å². The average Bonchev–Trinajstić information content (AvgIpc) is 2.44. The molecule has 0 saturated heterocycles. The number of ether oxygens (including phenoxy) is 1. The predicted octanol–water partition coefficient (Wildman–Crippen LogP) is 2.58. The second kappa shape index (κ2) is 3.76. The summed E-state index contributed by atoms with van der Waals surface area (Å²) in [5.74, 6) is 0.905. The van der Waals surface area contributed by atoms with Crippen LogP contribution in [0, 0.1) is 3.70 Å². The zero-order valence-corrected chi connectivity index (χ0v) is 10.3. The molecule has 1 heterocycles. The minimum Gasteiger partial charge on any atom is -0.492 e. The first kappa shape index (κ1) is 9.76. The van der Waals surface area contributed by atoms with E-state index in [0.29, 0.717) is 6.61 Å². The van der Waals surface area contributed by atoms with Crippen LogP contribution in [0.25, 0.3) is 10.9 Å². The summed E-state index contributed by atoms with van der Waals surface area (Å²) in [6.07, 6.45) is 0. The largest absolute Gasteiger partial charge is 0.492 e. The quantitative estimate of drug-likeness (QED) is 0.797. The molecule has 0 unspecified atom stereocenters. The highest BCUT2D eigenvalue weighted by atomic mass is 127. The summed E-state index contributed by atoms with van der Waals surface area (Å²) in [4.78, 5) is 0. The molecule has 0 N–H and O–H groups in total. The third-order valence-electron chi connectivity index (χ3n) is 2.08. The van der Waals surface area contributed by atoms with E-state index in [-0.39, 0.29) is 0 Å². The van der Waals surface area contributed by atoms with Crippen LogP contribution >= 0.6 is 22.6 Å². The van der Waals surface area contributed by atoms with Gasteiger partial charge in [0, 0.05) is 12.4 Å². The Bertz CT molecular complexity index is 464. The number of halogens is 1. The van der Waals surface area contributed by atoms with E-state index < -0.39 is 0 Å². The van der Waals surface area contributed by atoms with Gasteiger partial charge in [0.1, 0.15) is 15.0 Å². The van der Waals surface area contributed by atoms with Gasteiger partial charge < -0.3 is 4.74 Å². The van der Waals surface area contributed by atoms with E-state index in [9.17, 15) is 0 Å². The number of nitrogens with zero attached hydrogens (tertiary/aromatic N) is 2. The van der Waals surface area contributed by atoms with Gasteiger partial charge in [-0.05, 0) is 41.6 Å². The van der Waals surface area contributed by atoms with Crippen LogP contribution in [0.2, 0.25) is 0 Å². The Kier molecular flexibility index (Phi) is 2.62. The fourth-order valence-electron chi connectivity index (χ4n) is 1.53. The van der Waals surface area contributed by atoms with Gasteiger partial charge in [0.25, 0.3) is 0 Å². The maximum Gasteiger partial charge on any atom is 0.145 e. The molecule has 0 aliphatic heterocycles. The molecule has 2 aromatic rings. The van der Waals surface area contributed by atoms with E-state index in [1.807, 2.05) is 30.8 Å². The van der Waals surface area contributed by atoms with Gasteiger partial charge in [0.05, 0.1) is 6.61 Å². The van der Waals surface area contributed by atoms with Gasteiger partial charge >= 0.3 is 0 Å². The lowest BCUT2D eigenvalue weighted by Gasteiger charge is -2.04. The molecule has 1 aromatic heterocycles. The van der Waals surface area contributed by atoms with E-state index >= 15 is 0 Å². The summed E-state index contributed by atoms with van der Waals surface area (Å²) in [7, 11) is 1.94. The molecule has 3 nitrogen and oxygen atoms in total. The lowest BCUT2D eigenvalue weighted by Crippen LogP contribution is -1.96. The zero-order valence-electron chi connectivity index (χ0n) is 8.12. The Balaban J connectivity index is 2.72. The molecule has 0 saturated carbocycles. The SMILES string of the molecule is CCOc1cccc2c(I)nn(C)c12. The summed E-state index contributed by atoms with van der Waals surface area (Å²) >= 11 is 2.24. The third-order valence-corrected chi connectivity index (χ3v) is 2.88. The van der Waals surface area contributed by atoms with Gasteiger partial charge in [0.2, 0.25) is 0 Å². The summed E-state index contributed by atoms with van der Waals surface area (Å²) in [6.45, 7) is 2.67. The molecular weight excluding hydrogens is 291 g/mol. The van der Waals surface area contributed by atoms with Crippen molar-refractivity contribution in [3.63, 3.8) is 0 Å². The molecule has 0 radical (unpaired) electrons. The van der Waals surface area contributed by atoms with E-state index in [1.165, 1.54) is 0 Å². The van der Waals surface area contributed by atoms with Crippen molar-refractivity contribution >= 4 is 33.5 Å². The number of aryl methyl sites for hydroxylation is 1. The number of benzene rings is 1. The van der Waals surface area contributed by atoms with Crippen molar-refractivity contribution in [1.82, 2.24) is 9.78 Å². The number of fused-ring (bicyclic) bond motifs is 1. The topological polar surface area (TPSA) is 27.1 Å². The van der Waals surface area contributed by atoms with Crippen molar-refractivity contribution in [1.29, 1.82) is 0 Å². The molecule has 74 valence electrons. The van der Waals surface area contributed by atoms with Crippen LogP contribution in [0.5, 0.6) is 5.75 Å². The van der Waals surface area contributed by atoms with Crippen LogP contribution in [0.15, 0.2) is 18.2 Å². The maximum absolute atomic E-state index is 5.55. The Morgan fingerprint density at radius 1 is 1.50 bits per heavy atom. The fourth-order valence-corrected chi connectivity index (χ4v) is 2.29. The first-order chi connectivity index (χ1) is 6.74. The number of para-hydroxylation sites is 1. The minimum atomic E-state index is 0.681. The van der Waals surface area contributed by atoms with E-state index in [0.717, 1.165) is 20.4 Å². The van der Waals surface area contributed by atoms with Crippen molar-refractivity contribution in [3.05, 3.63) is 21.9 Å². The van der Waals surface area contributed by atoms with Crippen molar-refractivity contribution in [2.75, 3.05) is 6.61 Å². The average molecular weight is 302 g/mol. The Labute approximate surface area is 96.2 Å². The van der Waals surface area contributed by atoms with Crippen molar-refractivity contribution in [3.8, 4) is 5.75 Å². The number of hydrogen-bond donors (Lipinski definition) is 0. The van der Waals surface area contributed by atoms with Crippen molar-refractivity contribution in [2.45, 2.75) is 6.92 Å². The third kappa shape index (κ3) is 1.47. The van der Waals surface area contributed by atoms with Crippen LogP contribution in [-0.2, 0) is 7.05 Å². The van der Waals surface area contributed by atoms with Crippen molar-refractivity contribution < 1.29 is 4.74 Å². The zero-order chi connectivity index (χ0) is 10.1. The van der Waals surface area contributed by atoms with Gasteiger partial charge in [-0.2, -0.15) is 5.10 Å². The molecule has 0 aliphatic rings. The summed E-state index contributed by atoms with van der Waals surface area (Å²) in [6, 6.07) is 6.04. The van der Waals surface area contributed by atoms with Crippen molar-refractivity contribution in [2.24, 2.45) is 7.05 Å². The normalized spacial score (nSPS) is 10.8. The molecule has 0 aliphatic carbocycles. The monoisotopic (exact) mass is 302 g/mol. The molecule has 0 bridgehead atoms. The first-order valence-electron chi connectivity index (χ1n) is 4.48. The fraction of sp³-hybridized carbons (Fsp3) is 0.300. The molecule has 0 fully saturated rings. The molecule has 0 amide bonds. The molecular formula is C10H11IN2O. The number of hydrogen-bond acceptors (Lipinski definition) is 2. The molecule has 0 spiro atoms. The van der Waals surface area contributed by atoms with Gasteiger partial charge in [-0.15, -0.1) is 0 Å². The lowest BCUT2D eigenvalue weighted by atomic mass is 10.2. The van der Waals surface area contributed by atoms with Crippen LogP contribution < -0.4 is 4.74 Å². The highest BCUT2D eigenvalue weighted by molar-refractivity contribution is 14.1. The molecule has 1 aromatic carbocycles. The molecule has 0 atom stereocenters. The van der Waals surface area contributed by atoms with Gasteiger partial charge in [-0.1, -0.05) is 6.07 Å². The van der Waals surface area contributed by atoms with Crippen LogP contribution in [0.1, 0.15) is 6.92 Å². The highest BCUT2D eigenvalue weighted by Crippen LogP contribution is 2.28. The number of aromatic nitrogens is 2. The summed E-state index contributed by atoms with van der Waals surface area (Å²) in [5, 5.41) is 5.51. The van der Waals surface area contributed by atoms with Gasteiger partial charge in [0.15, 0.2) is 0 Å².